The van der Waals surface area contributed by atoms with Gasteiger partial charge in [-0.05, 0) is 56.9 Å². The molecule has 37 heavy (non-hydrogen) atoms. The van der Waals surface area contributed by atoms with E-state index in [0.29, 0.717) is 18.7 Å². The topological polar surface area (TPSA) is 81.3 Å². The number of rotatable bonds is 4. The van der Waals surface area contributed by atoms with Crippen molar-refractivity contribution in [3.63, 3.8) is 0 Å². The molecule has 1 aromatic carbocycles. The third-order valence-corrected chi connectivity index (χ3v) is 7.58. The number of nitrogens with one attached hydrogen (secondary N) is 1. The van der Waals surface area contributed by atoms with Crippen molar-refractivity contribution in [2.75, 3.05) is 61.9 Å². The van der Waals surface area contributed by atoms with Crippen molar-refractivity contribution >= 4 is 29.3 Å². The minimum Gasteiger partial charge on any atom is -0.372 e. The van der Waals surface area contributed by atoms with Gasteiger partial charge in [-0.15, -0.1) is 0 Å². The molecule has 5 rings (SSSR count). The van der Waals surface area contributed by atoms with Gasteiger partial charge < -0.3 is 29.7 Å². The summed E-state index contributed by atoms with van der Waals surface area (Å²) in [5.74, 6) is 1.60. The van der Waals surface area contributed by atoms with Gasteiger partial charge in [0, 0.05) is 64.1 Å². The fraction of sp³-hybridized carbons (Fsp3) is 0.536. The number of morpholine rings is 1. The first-order valence-electron chi connectivity index (χ1n) is 13.3. The summed E-state index contributed by atoms with van der Waals surface area (Å²) in [7, 11) is 3.89. The fourth-order valence-electron chi connectivity index (χ4n) is 5.69. The molecule has 2 saturated heterocycles. The molecule has 1 aromatic heterocycles. The van der Waals surface area contributed by atoms with Crippen LogP contribution in [0.15, 0.2) is 36.4 Å². The van der Waals surface area contributed by atoms with Gasteiger partial charge in [0.2, 0.25) is 0 Å². The van der Waals surface area contributed by atoms with Crippen LogP contribution >= 0.6 is 0 Å². The molecule has 3 amide bonds. The van der Waals surface area contributed by atoms with E-state index in [9.17, 15) is 9.59 Å². The van der Waals surface area contributed by atoms with E-state index in [0.717, 1.165) is 56.2 Å². The standard InChI is InChI=1S/C28H38N6O3/c1-19-17-33(18-20(2)37-19)27(35)22-15-25(31(3)4)30-26(16-22)32-12-10-23(11-13-32)34-14-9-21-7-5-6-8-24(21)29-28(34)36/h5-8,15-16,19-20,23H,9-14,17-18H2,1-4H3,(H,29,36)/t19-,20+. The number of hydrogen-bond acceptors (Lipinski definition) is 6. The molecule has 0 radical (unpaired) electrons. The Kier molecular flexibility index (Phi) is 7.24. The maximum Gasteiger partial charge on any atom is 0.322 e. The molecule has 2 fully saturated rings. The van der Waals surface area contributed by atoms with Crippen molar-refractivity contribution in [2.45, 2.75) is 51.4 Å². The third-order valence-electron chi connectivity index (χ3n) is 7.58. The van der Waals surface area contributed by atoms with E-state index in [4.69, 9.17) is 9.72 Å². The van der Waals surface area contributed by atoms with Gasteiger partial charge in [0.1, 0.15) is 11.6 Å². The van der Waals surface area contributed by atoms with E-state index in [1.807, 2.05) is 73.0 Å². The summed E-state index contributed by atoms with van der Waals surface area (Å²) in [6.45, 7) is 7.47. The van der Waals surface area contributed by atoms with Crippen LogP contribution in [0.4, 0.5) is 22.1 Å². The minimum atomic E-state index is -0.0158. The number of anilines is 3. The van der Waals surface area contributed by atoms with Gasteiger partial charge in [-0.3, -0.25) is 4.79 Å². The highest BCUT2D eigenvalue weighted by molar-refractivity contribution is 5.96. The molecule has 2 atom stereocenters. The van der Waals surface area contributed by atoms with Crippen LogP contribution in [0.2, 0.25) is 0 Å². The number of fused-ring (bicyclic) bond motifs is 1. The normalized spacial score (nSPS) is 22.8. The Hall–Kier alpha value is -3.33. The Balaban J connectivity index is 1.29. The minimum absolute atomic E-state index is 0.0158. The molecule has 0 bridgehead atoms. The number of carbonyl (C=O) groups is 2. The van der Waals surface area contributed by atoms with E-state index in [-0.39, 0.29) is 30.2 Å². The van der Waals surface area contributed by atoms with Crippen LogP contribution in [0.1, 0.15) is 42.6 Å². The van der Waals surface area contributed by atoms with E-state index in [2.05, 4.69) is 16.3 Å². The van der Waals surface area contributed by atoms with Crippen LogP contribution in [-0.2, 0) is 11.2 Å². The number of amides is 3. The molecule has 9 nitrogen and oxygen atoms in total. The Bertz CT molecular complexity index is 1140. The van der Waals surface area contributed by atoms with Crippen molar-refractivity contribution in [3.8, 4) is 0 Å². The van der Waals surface area contributed by atoms with Crippen molar-refractivity contribution in [1.29, 1.82) is 0 Å². The monoisotopic (exact) mass is 506 g/mol. The highest BCUT2D eigenvalue weighted by Gasteiger charge is 2.32. The van der Waals surface area contributed by atoms with Crippen LogP contribution in [0.3, 0.4) is 0 Å². The second-order valence-electron chi connectivity index (χ2n) is 10.7. The summed E-state index contributed by atoms with van der Waals surface area (Å²) in [5, 5.41) is 3.09. The van der Waals surface area contributed by atoms with Crippen molar-refractivity contribution in [1.82, 2.24) is 14.8 Å². The maximum absolute atomic E-state index is 13.5. The molecule has 0 spiro atoms. The molecule has 1 N–H and O–H groups in total. The van der Waals surface area contributed by atoms with E-state index in [1.165, 1.54) is 5.56 Å². The zero-order valence-electron chi connectivity index (χ0n) is 22.3. The van der Waals surface area contributed by atoms with Crippen LogP contribution in [0.5, 0.6) is 0 Å². The lowest BCUT2D eigenvalue weighted by Gasteiger charge is -2.39. The van der Waals surface area contributed by atoms with Crippen molar-refractivity contribution in [3.05, 3.63) is 47.5 Å². The number of hydrogen-bond donors (Lipinski definition) is 1. The first-order chi connectivity index (χ1) is 17.8. The van der Waals surface area contributed by atoms with Gasteiger partial charge in [0.25, 0.3) is 5.91 Å². The second kappa shape index (κ2) is 10.6. The number of aromatic nitrogens is 1. The Morgan fingerprint density at radius 1 is 1.05 bits per heavy atom. The Morgan fingerprint density at radius 2 is 1.76 bits per heavy atom. The predicted octanol–water partition coefficient (Wildman–Crippen LogP) is 3.46. The van der Waals surface area contributed by atoms with Crippen LogP contribution in [-0.4, -0.2) is 91.8 Å². The Labute approximate surface area is 219 Å². The number of para-hydroxylation sites is 1. The number of nitrogens with zero attached hydrogens (tertiary/aromatic N) is 5. The quantitative estimate of drug-likeness (QED) is 0.684. The molecule has 0 aliphatic carbocycles. The lowest BCUT2D eigenvalue weighted by atomic mass is 10.0. The number of carbonyl (C=O) groups excluding carboxylic acids is 2. The highest BCUT2D eigenvalue weighted by Crippen LogP contribution is 2.28. The molecule has 0 saturated carbocycles. The molecule has 4 heterocycles. The first-order valence-corrected chi connectivity index (χ1v) is 13.3. The number of benzene rings is 1. The zero-order chi connectivity index (χ0) is 26.1. The number of ether oxygens (including phenoxy) is 1. The largest absolute Gasteiger partial charge is 0.372 e. The predicted molar refractivity (Wildman–Crippen MR) is 146 cm³/mol. The zero-order valence-corrected chi connectivity index (χ0v) is 22.3. The first kappa shape index (κ1) is 25.3. The lowest BCUT2D eigenvalue weighted by Crippen LogP contribution is -2.49. The van der Waals surface area contributed by atoms with Gasteiger partial charge >= 0.3 is 6.03 Å². The average Bonchev–Trinajstić information content (AvgIpc) is 3.05. The smallest absolute Gasteiger partial charge is 0.322 e. The fourth-order valence-corrected chi connectivity index (χ4v) is 5.69. The van der Waals surface area contributed by atoms with Gasteiger partial charge in [-0.1, -0.05) is 18.2 Å². The summed E-state index contributed by atoms with van der Waals surface area (Å²) in [5.41, 5.74) is 2.75. The molecule has 3 aliphatic heterocycles. The molecule has 198 valence electrons. The van der Waals surface area contributed by atoms with Crippen LogP contribution < -0.4 is 15.1 Å². The average molecular weight is 507 g/mol. The van der Waals surface area contributed by atoms with Crippen LogP contribution in [0, 0.1) is 0 Å². The summed E-state index contributed by atoms with van der Waals surface area (Å²) < 4.78 is 5.82. The number of pyridine rings is 1. The van der Waals surface area contributed by atoms with Gasteiger partial charge in [0.05, 0.1) is 12.2 Å². The molecular formula is C28H38N6O3. The van der Waals surface area contributed by atoms with Gasteiger partial charge in [-0.25, -0.2) is 9.78 Å². The summed E-state index contributed by atoms with van der Waals surface area (Å²) >= 11 is 0. The molecule has 0 unspecified atom stereocenters. The number of piperidine rings is 1. The van der Waals surface area contributed by atoms with E-state index >= 15 is 0 Å². The number of urea groups is 1. The van der Waals surface area contributed by atoms with Crippen molar-refractivity contribution in [2.24, 2.45) is 0 Å². The van der Waals surface area contributed by atoms with Crippen LogP contribution in [0.25, 0.3) is 0 Å². The molecule has 2 aromatic rings. The van der Waals surface area contributed by atoms with Crippen molar-refractivity contribution < 1.29 is 14.3 Å². The molecule has 9 heteroatoms. The third kappa shape index (κ3) is 5.51. The lowest BCUT2D eigenvalue weighted by molar-refractivity contribution is -0.0586. The maximum atomic E-state index is 13.5. The summed E-state index contributed by atoms with van der Waals surface area (Å²) in [4.78, 5) is 39.4. The summed E-state index contributed by atoms with van der Waals surface area (Å²) in [6, 6.07) is 12.0. The SMILES string of the molecule is C[C@@H]1CN(C(=O)c2cc(N(C)C)nc(N3CCC(N4CCc5ccccc5NC4=O)CC3)c2)C[C@H](C)O1. The Morgan fingerprint density at radius 3 is 2.46 bits per heavy atom. The van der Waals surface area contributed by atoms with Gasteiger partial charge in [-0.2, -0.15) is 0 Å². The van der Waals surface area contributed by atoms with E-state index < -0.39 is 0 Å². The molecular weight excluding hydrogens is 468 g/mol. The van der Waals surface area contributed by atoms with E-state index in [1.54, 1.807) is 0 Å². The second-order valence-corrected chi connectivity index (χ2v) is 10.7. The molecule has 3 aliphatic rings. The highest BCUT2D eigenvalue weighted by atomic mass is 16.5. The summed E-state index contributed by atoms with van der Waals surface area (Å²) in [6.07, 6.45) is 2.61. The van der Waals surface area contributed by atoms with Gasteiger partial charge in [0.15, 0.2) is 0 Å².